The third-order valence-corrected chi connectivity index (χ3v) is 5.54. The quantitative estimate of drug-likeness (QED) is 0.788. The molecular weight excluding hydrogens is 298 g/mol. The number of fused-ring (bicyclic) bond motifs is 5. The number of aromatic nitrogens is 1. The van der Waals surface area contributed by atoms with Crippen LogP contribution in [0.4, 0.5) is 0 Å². The van der Waals surface area contributed by atoms with Gasteiger partial charge >= 0.3 is 0 Å². The maximum atomic E-state index is 12.7. The van der Waals surface area contributed by atoms with E-state index in [4.69, 9.17) is 0 Å². The second kappa shape index (κ2) is 5.35. The zero-order chi connectivity index (χ0) is 16.1. The first-order valence-corrected chi connectivity index (χ1v) is 8.79. The summed E-state index contributed by atoms with van der Waals surface area (Å²) < 4.78 is 2.11. The zero-order valence-corrected chi connectivity index (χ0v) is 13.6. The fourth-order valence-electron chi connectivity index (χ4n) is 4.39. The molecule has 5 rings (SSSR count). The Labute approximate surface area is 141 Å². The summed E-state index contributed by atoms with van der Waals surface area (Å²) >= 11 is 0. The molecule has 2 bridgehead atoms. The first-order valence-electron chi connectivity index (χ1n) is 8.79. The van der Waals surface area contributed by atoms with Crippen molar-refractivity contribution in [1.29, 1.82) is 0 Å². The van der Waals surface area contributed by atoms with Gasteiger partial charge in [-0.2, -0.15) is 0 Å². The van der Waals surface area contributed by atoms with Crippen molar-refractivity contribution < 1.29 is 4.79 Å². The van der Waals surface area contributed by atoms with Crippen LogP contribution in [0.25, 0.3) is 16.4 Å². The number of benzene rings is 1. The lowest BCUT2D eigenvalue weighted by atomic mass is 9.96. The normalized spacial score (nSPS) is 26.1. The van der Waals surface area contributed by atoms with Gasteiger partial charge in [-0.1, -0.05) is 18.2 Å². The molecule has 2 saturated heterocycles. The molecule has 24 heavy (non-hydrogen) atoms. The lowest BCUT2D eigenvalue weighted by Crippen LogP contribution is -2.47. The molecule has 122 valence electrons. The first-order chi connectivity index (χ1) is 11.8. The van der Waals surface area contributed by atoms with Gasteiger partial charge in [0.25, 0.3) is 5.91 Å². The number of carbonyl (C=O) groups is 1. The highest BCUT2D eigenvalue weighted by Crippen LogP contribution is 2.27. The summed E-state index contributed by atoms with van der Waals surface area (Å²) in [5.41, 5.74) is 3.00. The van der Waals surface area contributed by atoms with Crippen LogP contribution in [0, 0.1) is 5.92 Å². The number of rotatable bonds is 2. The third kappa shape index (κ3) is 2.29. The summed E-state index contributed by atoms with van der Waals surface area (Å²) in [6.45, 7) is 3.41. The van der Waals surface area contributed by atoms with E-state index in [1.165, 1.54) is 24.9 Å². The Bertz CT molecular complexity index is 917. The Morgan fingerprint density at radius 2 is 2.04 bits per heavy atom. The molecule has 4 heteroatoms. The summed E-state index contributed by atoms with van der Waals surface area (Å²) in [6.07, 6.45) is 4.37. The van der Waals surface area contributed by atoms with Crippen molar-refractivity contribution >= 4 is 22.3 Å². The number of amides is 1. The van der Waals surface area contributed by atoms with E-state index in [1.54, 1.807) is 0 Å². The van der Waals surface area contributed by atoms with Crippen molar-refractivity contribution in [3.05, 3.63) is 54.2 Å². The van der Waals surface area contributed by atoms with E-state index in [0.717, 1.165) is 35.5 Å². The number of hydrogen-bond acceptors (Lipinski definition) is 2. The van der Waals surface area contributed by atoms with E-state index in [-0.39, 0.29) is 11.9 Å². The van der Waals surface area contributed by atoms with Crippen molar-refractivity contribution in [2.45, 2.75) is 18.9 Å². The molecule has 2 fully saturated rings. The molecule has 0 saturated carbocycles. The van der Waals surface area contributed by atoms with Crippen LogP contribution in [0.15, 0.2) is 48.7 Å². The molecular formula is C20H21N3O. The van der Waals surface area contributed by atoms with Gasteiger partial charge in [-0.05, 0) is 49.6 Å². The molecule has 4 nitrogen and oxygen atoms in total. The molecule has 1 N–H and O–H groups in total. The van der Waals surface area contributed by atoms with Crippen molar-refractivity contribution in [2.75, 3.05) is 19.6 Å². The van der Waals surface area contributed by atoms with Crippen LogP contribution in [0.3, 0.4) is 0 Å². The summed E-state index contributed by atoms with van der Waals surface area (Å²) in [7, 11) is 0. The minimum atomic E-state index is 0.0437. The zero-order valence-electron chi connectivity index (χ0n) is 13.6. The Balaban J connectivity index is 1.43. The third-order valence-electron chi connectivity index (χ3n) is 5.54. The number of pyridine rings is 1. The summed E-state index contributed by atoms with van der Waals surface area (Å²) in [5, 5.41) is 4.45. The number of nitrogens with zero attached hydrogens (tertiary/aromatic N) is 2. The van der Waals surface area contributed by atoms with E-state index < -0.39 is 0 Å². The van der Waals surface area contributed by atoms with E-state index in [0.29, 0.717) is 0 Å². The first kappa shape index (κ1) is 14.1. The highest BCUT2D eigenvalue weighted by Gasteiger charge is 2.32. The minimum Gasteiger partial charge on any atom is -0.348 e. The van der Waals surface area contributed by atoms with Crippen LogP contribution in [0.1, 0.15) is 23.2 Å². The van der Waals surface area contributed by atoms with Crippen LogP contribution in [-0.2, 0) is 0 Å². The Morgan fingerprint density at radius 3 is 2.96 bits per heavy atom. The SMILES string of the molecule is O=C(N[C@@H]1C[C@H]2CCN(C2)C1)c1ccc2cc3ccccc3n2c1. The molecule has 1 unspecified atom stereocenters. The second-order valence-corrected chi connectivity index (χ2v) is 7.24. The molecule has 0 spiro atoms. The predicted octanol–water partition coefficient (Wildman–Crippen LogP) is 2.92. The molecule has 3 atom stereocenters. The van der Waals surface area contributed by atoms with Gasteiger partial charge in [-0.3, -0.25) is 4.79 Å². The number of nitrogens with one attached hydrogen (secondary N) is 1. The Hall–Kier alpha value is -2.33. The van der Waals surface area contributed by atoms with Gasteiger partial charge in [0.2, 0.25) is 0 Å². The minimum absolute atomic E-state index is 0.0437. The molecule has 2 aromatic heterocycles. The maximum absolute atomic E-state index is 12.7. The monoisotopic (exact) mass is 319 g/mol. The molecule has 2 aliphatic rings. The predicted molar refractivity (Wildman–Crippen MR) is 95.3 cm³/mol. The van der Waals surface area contributed by atoms with Gasteiger partial charge < -0.3 is 14.6 Å². The maximum Gasteiger partial charge on any atom is 0.253 e. The molecule has 1 amide bonds. The lowest BCUT2D eigenvalue weighted by Gasteiger charge is -2.30. The van der Waals surface area contributed by atoms with Gasteiger partial charge in [-0.25, -0.2) is 0 Å². The largest absolute Gasteiger partial charge is 0.348 e. The molecule has 3 aromatic rings. The van der Waals surface area contributed by atoms with Gasteiger partial charge in [0.15, 0.2) is 0 Å². The average Bonchev–Trinajstić information content (AvgIpc) is 3.14. The fraction of sp³-hybridized carbons (Fsp3) is 0.350. The van der Waals surface area contributed by atoms with Crippen LogP contribution < -0.4 is 5.32 Å². The van der Waals surface area contributed by atoms with Crippen molar-refractivity contribution in [2.24, 2.45) is 5.92 Å². The van der Waals surface area contributed by atoms with Gasteiger partial charge in [0, 0.05) is 36.2 Å². The van der Waals surface area contributed by atoms with Gasteiger partial charge in [0.05, 0.1) is 11.1 Å². The molecule has 0 radical (unpaired) electrons. The van der Waals surface area contributed by atoms with E-state index >= 15 is 0 Å². The topological polar surface area (TPSA) is 36.8 Å². The lowest BCUT2D eigenvalue weighted by molar-refractivity contribution is 0.0909. The number of para-hydroxylation sites is 1. The number of piperidine rings is 1. The number of hydrogen-bond donors (Lipinski definition) is 1. The molecule has 2 aliphatic heterocycles. The van der Waals surface area contributed by atoms with Crippen LogP contribution in [0.2, 0.25) is 0 Å². The summed E-state index contributed by atoms with van der Waals surface area (Å²) in [6, 6.07) is 14.7. The summed E-state index contributed by atoms with van der Waals surface area (Å²) in [4.78, 5) is 15.2. The van der Waals surface area contributed by atoms with Crippen LogP contribution in [-0.4, -0.2) is 40.9 Å². The highest BCUT2D eigenvalue weighted by atomic mass is 16.1. The highest BCUT2D eigenvalue weighted by molar-refractivity contribution is 5.96. The fourth-order valence-corrected chi connectivity index (χ4v) is 4.39. The molecule has 1 aromatic carbocycles. The standard InChI is InChI=1S/C20H21N3O/c24-20(21-17-9-14-7-8-22(11-14)13-17)16-5-6-18-10-15-3-1-2-4-19(15)23(18)12-16/h1-6,10,12,14,17H,7-9,11,13H2,(H,21,24)/t14-,17-/m1/s1. The second-order valence-electron chi connectivity index (χ2n) is 7.24. The van der Waals surface area contributed by atoms with Crippen LogP contribution >= 0.6 is 0 Å². The van der Waals surface area contributed by atoms with Crippen molar-refractivity contribution in [1.82, 2.24) is 14.6 Å². The van der Waals surface area contributed by atoms with Crippen molar-refractivity contribution in [3.63, 3.8) is 0 Å². The molecule has 4 heterocycles. The smallest absolute Gasteiger partial charge is 0.253 e. The van der Waals surface area contributed by atoms with Gasteiger partial charge in [0.1, 0.15) is 0 Å². The Kier molecular flexibility index (Phi) is 3.13. The van der Waals surface area contributed by atoms with E-state index in [1.807, 2.05) is 30.5 Å². The number of carbonyl (C=O) groups excluding carboxylic acids is 1. The van der Waals surface area contributed by atoms with E-state index in [9.17, 15) is 4.79 Å². The van der Waals surface area contributed by atoms with E-state index in [2.05, 4.69) is 32.8 Å². The van der Waals surface area contributed by atoms with Gasteiger partial charge in [-0.15, -0.1) is 0 Å². The average molecular weight is 319 g/mol. The van der Waals surface area contributed by atoms with Crippen molar-refractivity contribution in [3.8, 4) is 0 Å². The Morgan fingerprint density at radius 1 is 1.12 bits per heavy atom. The summed E-state index contributed by atoms with van der Waals surface area (Å²) in [5.74, 6) is 0.808. The van der Waals surface area contributed by atoms with Crippen LogP contribution in [0.5, 0.6) is 0 Å². The molecule has 0 aliphatic carbocycles.